The van der Waals surface area contributed by atoms with Gasteiger partial charge in [0.2, 0.25) is 5.91 Å². The first kappa shape index (κ1) is 14.7. The molecule has 0 radical (unpaired) electrons. The molecule has 2 amide bonds. The lowest BCUT2D eigenvalue weighted by atomic mass is 10.1. The van der Waals surface area contributed by atoms with E-state index in [4.69, 9.17) is 15.6 Å². The molecular formula is C12H14N2O5. The van der Waals surface area contributed by atoms with Gasteiger partial charge in [-0.3, -0.25) is 9.59 Å². The molecule has 1 aromatic carbocycles. The zero-order chi connectivity index (χ0) is 14.4. The molecule has 4 N–H and O–H groups in total. The van der Waals surface area contributed by atoms with Gasteiger partial charge in [-0.05, 0) is 19.1 Å². The van der Waals surface area contributed by atoms with Crippen LogP contribution in [-0.2, 0) is 14.3 Å². The summed E-state index contributed by atoms with van der Waals surface area (Å²) >= 11 is 0. The molecule has 0 saturated heterocycles. The standard InChI is InChI=1S/C12H14N2O5/c1-7(12(17)18)19-6-10(15)14-9-5-3-2-4-8(9)11(13)16/h2-5,7H,6H2,1H3,(H2,13,16)(H,14,15)(H,17,18)/t7-/m0/s1. The maximum atomic E-state index is 11.5. The van der Waals surface area contributed by atoms with Crippen molar-refractivity contribution in [1.82, 2.24) is 0 Å². The number of rotatable bonds is 6. The Bertz CT molecular complexity index is 501. The third kappa shape index (κ3) is 4.40. The van der Waals surface area contributed by atoms with Crippen molar-refractivity contribution in [1.29, 1.82) is 0 Å². The molecule has 0 saturated carbocycles. The molecule has 1 atom stereocenters. The fraction of sp³-hybridized carbons (Fsp3) is 0.250. The first-order valence-electron chi connectivity index (χ1n) is 5.45. The lowest BCUT2D eigenvalue weighted by Crippen LogP contribution is -2.27. The van der Waals surface area contributed by atoms with Crippen molar-refractivity contribution in [2.75, 3.05) is 11.9 Å². The number of hydrogen-bond donors (Lipinski definition) is 3. The monoisotopic (exact) mass is 266 g/mol. The van der Waals surface area contributed by atoms with Gasteiger partial charge in [0.15, 0.2) is 6.10 Å². The summed E-state index contributed by atoms with van der Waals surface area (Å²) in [5.74, 6) is -2.40. The van der Waals surface area contributed by atoms with Gasteiger partial charge >= 0.3 is 5.97 Å². The number of primary amides is 1. The van der Waals surface area contributed by atoms with E-state index in [-0.39, 0.29) is 11.3 Å². The Morgan fingerprint density at radius 1 is 1.37 bits per heavy atom. The summed E-state index contributed by atoms with van der Waals surface area (Å²) < 4.78 is 4.81. The van der Waals surface area contributed by atoms with Crippen LogP contribution in [0.25, 0.3) is 0 Å². The molecule has 1 rings (SSSR count). The molecular weight excluding hydrogens is 252 g/mol. The van der Waals surface area contributed by atoms with Crippen molar-refractivity contribution in [3.63, 3.8) is 0 Å². The Balaban J connectivity index is 2.63. The summed E-state index contributed by atoms with van der Waals surface area (Å²) in [5, 5.41) is 11.0. The molecule has 0 aromatic heterocycles. The van der Waals surface area contributed by atoms with Crippen LogP contribution in [0.4, 0.5) is 5.69 Å². The number of aliphatic carboxylic acids is 1. The van der Waals surface area contributed by atoms with Crippen molar-refractivity contribution in [2.45, 2.75) is 13.0 Å². The van der Waals surface area contributed by atoms with Gasteiger partial charge in [-0.2, -0.15) is 0 Å². The SMILES string of the molecule is C[C@H](OCC(=O)Nc1ccccc1C(N)=O)C(=O)O. The molecule has 19 heavy (non-hydrogen) atoms. The van der Waals surface area contributed by atoms with Crippen LogP contribution >= 0.6 is 0 Å². The first-order chi connectivity index (χ1) is 8.91. The molecule has 7 heteroatoms. The van der Waals surface area contributed by atoms with E-state index in [0.29, 0.717) is 0 Å². The van der Waals surface area contributed by atoms with E-state index in [0.717, 1.165) is 0 Å². The minimum absolute atomic E-state index is 0.169. The van der Waals surface area contributed by atoms with Gasteiger partial charge in [0, 0.05) is 0 Å². The minimum Gasteiger partial charge on any atom is -0.479 e. The van der Waals surface area contributed by atoms with Crippen molar-refractivity contribution in [3.05, 3.63) is 29.8 Å². The number of anilines is 1. The number of nitrogens with two attached hydrogens (primary N) is 1. The van der Waals surface area contributed by atoms with E-state index in [2.05, 4.69) is 5.32 Å². The summed E-state index contributed by atoms with van der Waals surface area (Å²) in [6.45, 7) is 0.882. The molecule has 0 aliphatic rings. The normalized spacial score (nSPS) is 11.6. The molecule has 0 spiro atoms. The van der Waals surface area contributed by atoms with Gasteiger partial charge < -0.3 is 20.9 Å². The molecule has 0 unspecified atom stereocenters. The number of para-hydroxylation sites is 1. The van der Waals surface area contributed by atoms with Gasteiger partial charge in [-0.1, -0.05) is 12.1 Å². The number of carboxylic acids is 1. The minimum atomic E-state index is -1.16. The largest absolute Gasteiger partial charge is 0.479 e. The molecule has 0 aliphatic heterocycles. The summed E-state index contributed by atoms with van der Waals surface area (Å²) in [5.41, 5.74) is 5.58. The van der Waals surface area contributed by atoms with Crippen molar-refractivity contribution < 1.29 is 24.2 Å². The van der Waals surface area contributed by atoms with Crippen molar-refractivity contribution in [2.24, 2.45) is 5.73 Å². The zero-order valence-corrected chi connectivity index (χ0v) is 10.3. The molecule has 0 fully saturated rings. The van der Waals surface area contributed by atoms with Gasteiger partial charge in [-0.15, -0.1) is 0 Å². The van der Waals surface area contributed by atoms with E-state index in [9.17, 15) is 14.4 Å². The predicted molar refractivity (Wildman–Crippen MR) is 66.6 cm³/mol. The van der Waals surface area contributed by atoms with Crippen LogP contribution in [-0.4, -0.2) is 35.6 Å². The Hall–Kier alpha value is -2.41. The average Bonchev–Trinajstić information content (AvgIpc) is 2.36. The van der Waals surface area contributed by atoms with E-state index in [1.807, 2.05) is 0 Å². The highest BCUT2D eigenvalue weighted by Gasteiger charge is 2.14. The van der Waals surface area contributed by atoms with Gasteiger partial charge in [-0.25, -0.2) is 4.79 Å². The van der Waals surface area contributed by atoms with Crippen molar-refractivity contribution in [3.8, 4) is 0 Å². The number of carbonyl (C=O) groups excluding carboxylic acids is 2. The average molecular weight is 266 g/mol. The molecule has 0 aliphatic carbocycles. The van der Waals surface area contributed by atoms with Crippen LogP contribution in [0.2, 0.25) is 0 Å². The maximum Gasteiger partial charge on any atom is 0.332 e. The van der Waals surface area contributed by atoms with Crippen LogP contribution in [0.3, 0.4) is 0 Å². The number of amides is 2. The van der Waals surface area contributed by atoms with Gasteiger partial charge in [0.25, 0.3) is 5.91 Å². The topological polar surface area (TPSA) is 119 Å². The number of carboxylic acid groups (broad SMARTS) is 1. The van der Waals surface area contributed by atoms with E-state index in [1.54, 1.807) is 12.1 Å². The molecule has 102 valence electrons. The lowest BCUT2D eigenvalue weighted by molar-refractivity contribution is -0.150. The van der Waals surface area contributed by atoms with Crippen molar-refractivity contribution >= 4 is 23.5 Å². The third-order valence-electron chi connectivity index (χ3n) is 2.28. The molecule has 0 bridgehead atoms. The quantitative estimate of drug-likeness (QED) is 0.680. The van der Waals surface area contributed by atoms with Crippen LogP contribution in [0.15, 0.2) is 24.3 Å². The molecule has 1 aromatic rings. The van der Waals surface area contributed by atoms with Crippen LogP contribution in [0, 0.1) is 0 Å². The number of carbonyl (C=O) groups is 3. The Morgan fingerprint density at radius 2 is 2.00 bits per heavy atom. The smallest absolute Gasteiger partial charge is 0.332 e. The highest BCUT2D eigenvalue weighted by molar-refractivity contribution is 6.03. The predicted octanol–water partition coefficient (Wildman–Crippen LogP) is 0.214. The van der Waals surface area contributed by atoms with Crippen LogP contribution in [0.1, 0.15) is 17.3 Å². The number of hydrogen-bond acceptors (Lipinski definition) is 4. The van der Waals surface area contributed by atoms with Gasteiger partial charge in [0.1, 0.15) is 6.61 Å². The summed E-state index contributed by atoms with van der Waals surface area (Å²) in [7, 11) is 0. The second-order valence-corrected chi connectivity index (χ2v) is 3.75. The highest BCUT2D eigenvalue weighted by Crippen LogP contribution is 2.13. The van der Waals surface area contributed by atoms with E-state index < -0.39 is 30.5 Å². The third-order valence-corrected chi connectivity index (χ3v) is 2.28. The van der Waals surface area contributed by atoms with Gasteiger partial charge in [0.05, 0.1) is 11.3 Å². The van der Waals surface area contributed by atoms with Crippen LogP contribution < -0.4 is 11.1 Å². The fourth-order valence-corrected chi connectivity index (χ4v) is 1.27. The van der Waals surface area contributed by atoms with E-state index >= 15 is 0 Å². The summed E-state index contributed by atoms with van der Waals surface area (Å²) in [4.78, 5) is 33.1. The number of ether oxygens (including phenoxy) is 1. The zero-order valence-electron chi connectivity index (χ0n) is 10.3. The second-order valence-electron chi connectivity index (χ2n) is 3.75. The lowest BCUT2D eigenvalue weighted by Gasteiger charge is -2.10. The maximum absolute atomic E-state index is 11.5. The molecule has 0 heterocycles. The Labute approximate surface area is 109 Å². The number of nitrogens with one attached hydrogen (secondary N) is 1. The highest BCUT2D eigenvalue weighted by atomic mass is 16.5. The second kappa shape index (κ2) is 6.50. The Kier molecular flexibility index (Phi) is 5.01. The molecule has 7 nitrogen and oxygen atoms in total. The van der Waals surface area contributed by atoms with E-state index in [1.165, 1.54) is 19.1 Å². The first-order valence-corrected chi connectivity index (χ1v) is 5.45. The number of benzene rings is 1. The Morgan fingerprint density at radius 3 is 2.58 bits per heavy atom. The fourth-order valence-electron chi connectivity index (χ4n) is 1.27. The summed E-state index contributed by atoms with van der Waals surface area (Å²) in [6.07, 6.45) is -1.09. The van der Waals surface area contributed by atoms with Crippen LogP contribution in [0.5, 0.6) is 0 Å². The summed E-state index contributed by atoms with van der Waals surface area (Å²) in [6, 6.07) is 6.22.